The zero-order valence-electron chi connectivity index (χ0n) is 16.5. The van der Waals surface area contributed by atoms with E-state index in [-0.39, 0.29) is 42.6 Å². The summed E-state index contributed by atoms with van der Waals surface area (Å²) in [5, 5.41) is 0. The minimum atomic E-state index is -4.48. The second kappa shape index (κ2) is 7.25. The molecule has 1 fully saturated rings. The Morgan fingerprint density at radius 1 is 1.16 bits per heavy atom. The molecule has 0 bridgehead atoms. The smallest absolute Gasteiger partial charge is 0.417 e. The van der Waals surface area contributed by atoms with Gasteiger partial charge in [-0.1, -0.05) is 0 Å². The van der Waals surface area contributed by atoms with Crippen LogP contribution in [0.3, 0.4) is 0 Å². The SMILES string of the molecule is Cn1c(=O)c2c(ncn2CC(=O)N2CC(Oc3ccc(C(F)(F)F)cn3)C2)n(C)c1=O. The number of halogens is 3. The minimum absolute atomic E-state index is 0.0371. The van der Waals surface area contributed by atoms with Gasteiger partial charge in [0.2, 0.25) is 11.8 Å². The summed E-state index contributed by atoms with van der Waals surface area (Å²) in [5.74, 6) is -0.259. The van der Waals surface area contributed by atoms with Crippen molar-refractivity contribution < 1.29 is 22.7 Å². The van der Waals surface area contributed by atoms with Gasteiger partial charge in [0.05, 0.1) is 25.0 Å². The lowest BCUT2D eigenvalue weighted by Crippen LogP contribution is -2.57. The van der Waals surface area contributed by atoms with Crippen LogP contribution in [0.15, 0.2) is 34.2 Å². The summed E-state index contributed by atoms with van der Waals surface area (Å²) >= 11 is 0. The molecule has 4 heterocycles. The highest BCUT2D eigenvalue weighted by atomic mass is 19.4. The van der Waals surface area contributed by atoms with Crippen molar-refractivity contribution in [3.63, 3.8) is 0 Å². The molecule has 1 aliphatic heterocycles. The number of nitrogens with zero attached hydrogens (tertiary/aromatic N) is 6. The molecule has 3 aromatic heterocycles. The van der Waals surface area contributed by atoms with Crippen molar-refractivity contribution in [3.05, 3.63) is 51.1 Å². The van der Waals surface area contributed by atoms with E-state index in [2.05, 4.69) is 9.97 Å². The van der Waals surface area contributed by atoms with Gasteiger partial charge in [0.25, 0.3) is 5.56 Å². The molecule has 1 amide bonds. The van der Waals surface area contributed by atoms with Crippen molar-refractivity contribution >= 4 is 17.1 Å². The first kappa shape index (κ1) is 20.6. The van der Waals surface area contributed by atoms with E-state index in [1.165, 1.54) is 34.5 Å². The number of imidazole rings is 1. The largest absolute Gasteiger partial charge is 0.471 e. The van der Waals surface area contributed by atoms with Crippen LogP contribution in [0.1, 0.15) is 5.56 Å². The Bertz CT molecular complexity index is 1270. The summed E-state index contributed by atoms with van der Waals surface area (Å²) in [5.41, 5.74) is -1.63. The van der Waals surface area contributed by atoms with E-state index in [1.54, 1.807) is 0 Å². The molecule has 0 aromatic carbocycles. The Kier molecular flexibility index (Phi) is 4.82. The number of fused-ring (bicyclic) bond motifs is 1. The highest BCUT2D eigenvalue weighted by Gasteiger charge is 2.34. The first-order valence-electron chi connectivity index (χ1n) is 9.15. The molecular formula is C18H17F3N6O4. The Morgan fingerprint density at radius 3 is 2.48 bits per heavy atom. The van der Waals surface area contributed by atoms with Crippen molar-refractivity contribution in [3.8, 4) is 5.88 Å². The standard InChI is InChI=1S/C18H17F3N6O4/c1-24-15-14(16(29)25(2)17(24)30)27(9-23-15)8-13(28)26-6-11(7-26)31-12-4-3-10(5-22-12)18(19,20)21/h3-5,9,11H,6-8H2,1-2H3. The van der Waals surface area contributed by atoms with E-state index in [1.807, 2.05) is 0 Å². The summed E-state index contributed by atoms with van der Waals surface area (Å²) in [6.07, 6.45) is -2.87. The average Bonchev–Trinajstić information content (AvgIpc) is 3.10. The maximum absolute atomic E-state index is 12.6. The highest BCUT2D eigenvalue weighted by molar-refractivity contribution is 5.79. The van der Waals surface area contributed by atoms with E-state index in [0.29, 0.717) is 6.20 Å². The van der Waals surface area contributed by atoms with Gasteiger partial charge >= 0.3 is 11.9 Å². The van der Waals surface area contributed by atoms with Gasteiger partial charge in [-0.25, -0.2) is 14.8 Å². The predicted octanol–water partition coefficient (Wildman–Crippen LogP) is 0.137. The van der Waals surface area contributed by atoms with Crippen LogP contribution in [0.5, 0.6) is 5.88 Å². The summed E-state index contributed by atoms with van der Waals surface area (Å²) in [6, 6.07) is 2.01. The van der Waals surface area contributed by atoms with E-state index < -0.39 is 29.1 Å². The van der Waals surface area contributed by atoms with Crippen LogP contribution in [0.4, 0.5) is 13.2 Å². The van der Waals surface area contributed by atoms with E-state index in [0.717, 1.165) is 16.7 Å². The lowest BCUT2D eigenvalue weighted by atomic mass is 10.1. The molecule has 31 heavy (non-hydrogen) atoms. The number of carbonyl (C=O) groups excluding carboxylic acids is 1. The van der Waals surface area contributed by atoms with Crippen molar-refractivity contribution in [2.75, 3.05) is 13.1 Å². The fraction of sp³-hybridized carbons (Fsp3) is 0.389. The van der Waals surface area contributed by atoms with Gasteiger partial charge in [0, 0.05) is 26.4 Å². The number of aromatic nitrogens is 5. The van der Waals surface area contributed by atoms with Crippen LogP contribution in [0, 0.1) is 0 Å². The molecule has 0 aliphatic carbocycles. The summed E-state index contributed by atoms with van der Waals surface area (Å²) < 4.78 is 46.7. The Labute approximate surface area is 172 Å². The molecule has 0 atom stereocenters. The van der Waals surface area contributed by atoms with Crippen LogP contribution in [-0.4, -0.2) is 53.7 Å². The molecule has 0 radical (unpaired) electrons. The number of likely N-dealkylation sites (tertiary alicyclic amines) is 1. The molecule has 0 saturated carbocycles. The first-order chi connectivity index (χ1) is 14.6. The molecular weight excluding hydrogens is 421 g/mol. The number of pyridine rings is 1. The zero-order chi connectivity index (χ0) is 22.5. The molecule has 10 nitrogen and oxygen atoms in total. The summed E-state index contributed by atoms with van der Waals surface area (Å²) in [7, 11) is 2.83. The first-order valence-corrected chi connectivity index (χ1v) is 9.15. The fourth-order valence-electron chi connectivity index (χ4n) is 3.27. The molecule has 0 N–H and O–H groups in total. The number of amides is 1. The number of aryl methyl sites for hydroxylation is 1. The second-order valence-electron chi connectivity index (χ2n) is 7.17. The van der Waals surface area contributed by atoms with Crippen molar-refractivity contribution in [1.82, 2.24) is 28.6 Å². The van der Waals surface area contributed by atoms with Gasteiger partial charge in [-0.15, -0.1) is 0 Å². The number of alkyl halides is 3. The quantitative estimate of drug-likeness (QED) is 0.574. The number of hydrogen-bond acceptors (Lipinski definition) is 6. The van der Waals surface area contributed by atoms with Gasteiger partial charge in [-0.2, -0.15) is 13.2 Å². The number of rotatable bonds is 4. The van der Waals surface area contributed by atoms with Gasteiger partial charge < -0.3 is 14.2 Å². The van der Waals surface area contributed by atoms with E-state index in [4.69, 9.17) is 4.74 Å². The Hall–Kier alpha value is -3.64. The van der Waals surface area contributed by atoms with E-state index >= 15 is 0 Å². The third-order valence-corrected chi connectivity index (χ3v) is 5.07. The maximum atomic E-state index is 12.6. The molecule has 4 rings (SSSR count). The second-order valence-corrected chi connectivity index (χ2v) is 7.17. The van der Waals surface area contributed by atoms with Crippen molar-refractivity contribution in [2.24, 2.45) is 14.1 Å². The summed E-state index contributed by atoms with van der Waals surface area (Å²) in [6.45, 7) is 0.296. The van der Waals surface area contributed by atoms with Crippen molar-refractivity contribution in [2.45, 2.75) is 18.8 Å². The fourth-order valence-corrected chi connectivity index (χ4v) is 3.27. The highest BCUT2D eigenvalue weighted by Crippen LogP contribution is 2.29. The monoisotopic (exact) mass is 438 g/mol. The minimum Gasteiger partial charge on any atom is -0.471 e. The number of hydrogen-bond donors (Lipinski definition) is 0. The van der Waals surface area contributed by atoms with Crippen LogP contribution in [-0.2, 0) is 31.6 Å². The number of carbonyl (C=O) groups is 1. The van der Waals surface area contributed by atoms with Gasteiger partial charge in [-0.05, 0) is 6.07 Å². The third-order valence-electron chi connectivity index (χ3n) is 5.07. The lowest BCUT2D eigenvalue weighted by Gasteiger charge is -2.38. The summed E-state index contributed by atoms with van der Waals surface area (Å²) in [4.78, 5) is 46.1. The average molecular weight is 438 g/mol. The lowest BCUT2D eigenvalue weighted by molar-refractivity contribution is -0.141. The third kappa shape index (κ3) is 3.66. The Balaban J connectivity index is 1.40. The van der Waals surface area contributed by atoms with Crippen LogP contribution in [0.2, 0.25) is 0 Å². The van der Waals surface area contributed by atoms with Crippen LogP contribution in [0.25, 0.3) is 11.2 Å². The van der Waals surface area contributed by atoms with E-state index in [9.17, 15) is 27.6 Å². The molecule has 1 saturated heterocycles. The van der Waals surface area contributed by atoms with Gasteiger partial charge in [-0.3, -0.25) is 18.7 Å². The van der Waals surface area contributed by atoms with Gasteiger partial charge in [0.1, 0.15) is 12.6 Å². The molecule has 0 spiro atoms. The topological polar surface area (TPSA) is 104 Å². The van der Waals surface area contributed by atoms with Crippen LogP contribution < -0.4 is 16.0 Å². The molecule has 0 unspecified atom stereocenters. The normalized spacial score (nSPS) is 14.7. The van der Waals surface area contributed by atoms with Crippen molar-refractivity contribution in [1.29, 1.82) is 0 Å². The number of ether oxygens (including phenoxy) is 1. The molecule has 164 valence electrons. The van der Waals surface area contributed by atoms with Gasteiger partial charge in [0.15, 0.2) is 11.2 Å². The predicted molar refractivity (Wildman–Crippen MR) is 100 cm³/mol. The zero-order valence-corrected chi connectivity index (χ0v) is 16.5. The Morgan fingerprint density at radius 2 is 1.87 bits per heavy atom. The molecule has 3 aromatic rings. The maximum Gasteiger partial charge on any atom is 0.417 e. The van der Waals surface area contributed by atoms with Crippen LogP contribution >= 0.6 is 0 Å². The molecule has 1 aliphatic rings. The molecule has 13 heteroatoms.